The van der Waals surface area contributed by atoms with Crippen LogP contribution in [0.3, 0.4) is 0 Å². The Morgan fingerprint density at radius 2 is 1.79 bits per heavy atom. The normalized spacial score (nSPS) is 18.4. The van der Waals surface area contributed by atoms with Crippen LogP contribution < -0.4 is 0 Å². The number of piperidine rings is 1. The van der Waals surface area contributed by atoms with Crippen molar-refractivity contribution in [1.29, 1.82) is 0 Å². The van der Waals surface area contributed by atoms with Crippen LogP contribution in [0.25, 0.3) is 0 Å². The molecule has 162 valence electrons. The van der Waals surface area contributed by atoms with Crippen LogP contribution in [-0.4, -0.2) is 41.5 Å². The summed E-state index contributed by atoms with van der Waals surface area (Å²) in [6, 6.07) is 7.57. The van der Waals surface area contributed by atoms with Crippen LogP contribution >= 0.6 is 15.9 Å². The zero-order valence-electron chi connectivity index (χ0n) is 17.7. The van der Waals surface area contributed by atoms with Gasteiger partial charge in [-0.05, 0) is 81.9 Å². The van der Waals surface area contributed by atoms with Crippen molar-refractivity contribution in [2.45, 2.75) is 58.5 Å². The van der Waals surface area contributed by atoms with Gasteiger partial charge < -0.3 is 14.7 Å². The van der Waals surface area contributed by atoms with Crippen molar-refractivity contribution in [1.82, 2.24) is 4.90 Å². The van der Waals surface area contributed by atoms with Crippen molar-refractivity contribution in [2.75, 3.05) is 19.8 Å². The van der Waals surface area contributed by atoms with Gasteiger partial charge in [-0.15, -0.1) is 0 Å². The summed E-state index contributed by atoms with van der Waals surface area (Å²) in [7, 11) is 0. The predicted octanol–water partition coefficient (Wildman–Crippen LogP) is 6.23. The topological polar surface area (TPSA) is 49.8 Å². The maximum atomic E-state index is 12.1. The summed E-state index contributed by atoms with van der Waals surface area (Å²) in [6.07, 6.45) is 5.64. The first kappa shape index (κ1) is 23.7. The number of hydrogen-bond acceptors (Lipinski definition) is 3. The van der Waals surface area contributed by atoms with Crippen LogP contribution in [0, 0.1) is 11.3 Å². The van der Waals surface area contributed by atoms with Crippen LogP contribution in [0.1, 0.15) is 52.0 Å². The van der Waals surface area contributed by atoms with Crippen molar-refractivity contribution in [2.24, 2.45) is 11.3 Å². The third kappa shape index (κ3) is 7.65. The van der Waals surface area contributed by atoms with Crippen molar-refractivity contribution < 1.29 is 19.0 Å². The molecule has 0 unspecified atom stereocenters. The SMILES string of the molecule is C=C(Br)CF.CC(C)(C)OC(=O)N1CCC2(CC1)CC(Cc1ccc(O)cc1)C2. The maximum absolute atomic E-state index is 12.1. The second-order valence-electron chi connectivity index (χ2n) is 9.26. The lowest BCUT2D eigenvalue weighted by atomic mass is 9.56. The number of carbonyl (C=O) groups is 1. The van der Waals surface area contributed by atoms with Crippen molar-refractivity contribution in [3.8, 4) is 5.75 Å². The van der Waals surface area contributed by atoms with E-state index in [0.29, 0.717) is 15.6 Å². The highest BCUT2D eigenvalue weighted by molar-refractivity contribution is 9.11. The molecule has 1 saturated carbocycles. The first-order chi connectivity index (χ1) is 13.5. The zero-order valence-corrected chi connectivity index (χ0v) is 19.3. The number of aromatic hydroxyl groups is 1. The smallest absolute Gasteiger partial charge is 0.410 e. The Kier molecular flexibility index (Phi) is 8.15. The Labute approximate surface area is 182 Å². The van der Waals surface area contributed by atoms with Crippen LogP contribution in [-0.2, 0) is 11.2 Å². The largest absolute Gasteiger partial charge is 0.508 e. The number of hydrogen-bond donors (Lipinski definition) is 1. The van der Waals surface area contributed by atoms with Gasteiger partial charge in [0.05, 0.1) is 0 Å². The average Bonchev–Trinajstić information content (AvgIpc) is 2.62. The lowest BCUT2D eigenvalue weighted by Gasteiger charge is -2.52. The first-order valence-electron chi connectivity index (χ1n) is 10.2. The number of rotatable bonds is 3. The maximum Gasteiger partial charge on any atom is 0.410 e. The van der Waals surface area contributed by atoms with E-state index < -0.39 is 12.3 Å². The molecule has 0 atom stereocenters. The van der Waals surface area contributed by atoms with Gasteiger partial charge >= 0.3 is 6.09 Å². The molecule has 1 saturated heterocycles. The molecule has 3 rings (SSSR count). The molecule has 0 aromatic heterocycles. The van der Waals surface area contributed by atoms with Gasteiger partial charge in [-0.1, -0.05) is 34.6 Å². The second-order valence-corrected chi connectivity index (χ2v) is 10.4. The number of carbonyl (C=O) groups excluding carboxylic acids is 1. The number of likely N-dealkylation sites (tertiary alicyclic amines) is 1. The van der Waals surface area contributed by atoms with Crippen LogP contribution in [0.5, 0.6) is 5.75 Å². The van der Waals surface area contributed by atoms with E-state index in [4.69, 9.17) is 4.74 Å². The molecule has 4 nitrogen and oxygen atoms in total. The molecule has 1 amide bonds. The quantitative estimate of drug-likeness (QED) is 0.570. The lowest BCUT2D eigenvalue weighted by molar-refractivity contribution is -0.0269. The first-order valence-corrected chi connectivity index (χ1v) is 11.0. The minimum atomic E-state index is -0.472. The number of alkyl halides is 1. The molecule has 2 aliphatic rings. The van der Waals surface area contributed by atoms with E-state index in [9.17, 15) is 14.3 Å². The van der Waals surface area contributed by atoms with Gasteiger partial charge in [0.25, 0.3) is 0 Å². The van der Waals surface area contributed by atoms with Crippen molar-refractivity contribution in [3.05, 3.63) is 40.9 Å². The van der Waals surface area contributed by atoms with Gasteiger partial charge in [-0.3, -0.25) is 0 Å². The van der Waals surface area contributed by atoms with E-state index >= 15 is 0 Å². The summed E-state index contributed by atoms with van der Waals surface area (Å²) in [5.41, 5.74) is 1.33. The molecule has 1 N–H and O–H groups in total. The Balaban J connectivity index is 0.000000537. The molecular formula is C23H33BrFNO3. The van der Waals surface area contributed by atoms with Gasteiger partial charge in [0.15, 0.2) is 0 Å². The number of amides is 1. The average molecular weight is 470 g/mol. The lowest BCUT2D eigenvalue weighted by Crippen LogP contribution is -2.50. The fraction of sp³-hybridized carbons (Fsp3) is 0.609. The Morgan fingerprint density at radius 1 is 1.28 bits per heavy atom. The second kappa shape index (κ2) is 9.96. The van der Waals surface area contributed by atoms with Gasteiger partial charge in [-0.25, -0.2) is 9.18 Å². The fourth-order valence-corrected chi connectivity index (χ4v) is 4.17. The number of halogens is 2. The summed E-state index contributed by atoms with van der Waals surface area (Å²) < 4.78 is 16.8. The standard InChI is InChI=1S/C20H29NO3.C3H4BrF/c1-19(2,3)24-18(23)21-10-8-20(9-11-21)13-16(14-20)12-15-4-6-17(22)7-5-15;1-3(4)2-5/h4-7,16,22H,8-14H2,1-3H3;1-2H2. The molecule has 1 aliphatic carbocycles. The third-order valence-electron chi connectivity index (χ3n) is 5.52. The van der Waals surface area contributed by atoms with Crippen molar-refractivity contribution in [3.63, 3.8) is 0 Å². The molecule has 0 bridgehead atoms. The molecule has 2 fully saturated rings. The summed E-state index contributed by atoms with van der Waals surface area (Å²) in [6.45, 7) is 10.1. The molecule has 1 heterocycles. The number of allylic oxidation sites excluding steroid dienone is 1. The predicted molar refractivity (Wildman–Crippen MR) is 118 cm³/mol. The van der Waals surface area contributed by atoms with Gasteiger partial charge in [-0.2, -0.15) is 0 Å². The molecule has 6 heteroatoms. The Hall–Kier alpha value is -1.56. The van der Waals surface area contributed by atoms with Crippen molar-refractivity contribution >= 4 is 22.0 Å². The van der Waals surface area contributed by atoms with Crippen LogP contribution in [0.4, 0.5) is 9.18 Å². The number of phenolic OH excluding ortho intramolecular Hbond substituents is 1. The van der Waals surface area contributed by atoms with E-state index in [0.717, 1.165) is 38.3 Å². The molecule has 1 aromatic rings. The van der Waals surface area contributed by atoms with E-state index in [-0.39, 0.29) is 6.09 Å². The monoisotopic (exact) mass is 469 g/mol. The van der Waals surface area contributed by atoms with Gasteiger partial charge in [0, 0.05) is 17.6 Å². The highest BCUT2D eigenvalue weighted by Crippen LogP contribution is 2.53. The number of phenols is 1. The summed E-state index contributed by atoms with van der Waals surface area (Å²) >= 11 is 2.80. The van der Waals surface area contributed by atoms with E-state index in [1.165, 1.54) is 18.4 Å². The summed E-state index contributed by atoms with van der Waals surface area (Å²) in [5.74, 6) is 1.07. The molecule has 1 spiro atoms. The fourth-order valence-electron chi connectivity index (χ4n) is 4.17. The van der Waals surface area contributed by atoms with Gasteiger partial charge in [0.2, 0.25) is 0 Å². The summed E-state index contributed by atoms with van der Waals surface area (Å²) in [5, 5.41) is 9.36. The summed E-state index contributed by atoms with van der Waals surface area (Å²) in [4.78, 5) is 14.0. The van der Waals surface area contributed by atoms with E-state index in [2.05, 4.69) is 22.5 Å². The highest BCUT2D eigenvalue weighted by Gasteiger charge is 2.46. The molecule has 29 heavy (non-hydrogen) atoms. The number of benzene rings is 1. The molecule has 1 aliphatic heterocycles. The Morgan fingerprint density at radius 3 is 2.24 bits per heavy atom. The van der Waals surface area contributed by atoms with E-state index in [1.807, 2.05) is 37.8 Å². The Bertz CT molecular complexity index is 683. The molecule has 1 aromatic carbocycles. The van der Waals surface area contributed by atoms with Crippen LogP contribution in [0.2, 0.25) is 0 Å². The molecule has 0 radical (unpaired) electrons. The molecular weight excluding hydrogens is 437 g/mol. The minimum absolute atomic E-state index is 0.169. The third-order valence-corrected chi connectivity index (χ3v) is 5.74. The number of nitrogens with zero attached hydrogens (tertiary/aromatic N) is 1. The minimum Gasteiger partial charge on any atom is -0.508 e. The van der Waals surface area contributed by atoms with Crippen LogP contribution in [0.15, 0.2) is 35.3 Å². The highest BCUT2D eigenvalue weighted by atomic mass is 79.9. The van der Waals surface area contributed by atoms with Gasteiger partial charge in [0.1, 0.15) is 18.0 Å². The zero-order chi connectivity index (χ0) is 21.7. The van der Waals surface area contributed by atoms with E-state index in [1.54, 1.807) is 12.1 Å². The number of ether oxygens (including phenoxy) is 1.